The van der Waals surface area contributed by atoms with Gasteiger partial charge >= 0.3 is 0 Å². The van der Waals surface area contributed by atoms with Gasteiger partial charge in [0.15, 0.2) is 5.69 Å². The molecule has 0 unspecified atom stereocenters. The van der Waals surface area contributed by atoms with Crippen molar-refractivity contribution in [3.05, 3.63) is 51.3 Å². The number of halogens is 1. The van der Waals surface area contributed by atoms with Crippen LogP contribution in [0, 0.1) is 5.92 Å². The Morgan fingerprint density at radius 3 is 2.48 bits per heavy atom. The fourth-order valence-electron chi connectivity index (χ4n) is 3.38. The number of carbonyl (C=O) groups is 1. The monoisotopic (exact) mass is 432 g/mol. The molecule has 1 amide bonds. The van der Waals surface area contributed by atoms with Gasteiger partial charge in [-0.25, -0.2) is 0 Å². The van der Waals surface area contributed by atoms with Crippen LogP contribution in [0.15, 0.2) is 28.7 Å². The zero-order valence-electron chi connectivity index (χ0n) is 16.4. The normalized spacial score (nSPS) is 16.0. The Morgan fingerprint density at radius 2 is 1.89 bits per heavy atom. The Kier molecular flexibility index (Phi) is 6.71. The van der Waals surface area contributed by atoms with Crippen LogP contribution in [-0.4, -0.2) is 34.1 Å². The van der Waals surface area contributed by atoms with Crippen molar-refractivity contribution in [1.82, 2.24) is 20.4 Å². The summed E-state index contributed by atoms with van der Waals surface area (Å²) in [7, 11) is 0. The van der Waals surface area contributed by atoms with Crippen LogP contribution in [0.25, 0.3) is 0 Å². The molecule has 146 valence electrons. The van der Waals surface area contributed by atoms with Gasteiger partial charge in [-0.05, 0) is 64.8 Å². The van der Waals surface area contributed by atoms with Crippen molar-refractivity contribution >= 4 is 21.8 Å². The second-order valence-electron chi connectivity index (χ2n) is 7.91. The molecule has 2 N–H and O–H groups in total. The molecule has 6 heteroatoms. The van der Waals surface area contributed by atoms with E-state index in [1.165, 1.54) is 31.5 Å². The molecule has 3 rings (SSSR count). The molecule has 0 atom stereocenters. The van der Waals surface area contributed by atoms with Gasteiger partial charge in [0, 0.05) is 13.1 Å². The van der Waals surface area contributed by atoms with Gasteiger partial charge in [0.05, 0.1) is 10.2 Å². The predicted molar refractivity (Wildman–Crippen MR) is 112 cm³/mol. The number of piperidine rings is 1. The van der Waals surface area contributed by atoms with Crippen LogP contribution >= 0.6 is 15.9 Å². The highest BCUT2D eigenvalue weighted by atomic mass is 79.9. The number of aromatic amines is 1. The average molecular weight is 433 g/mol. The summed E-state index contributed by atoms with van der Waals surface area (Å²) in [4.78, 5) is 14.9. The fraction of sp³-hybridized carbons (Fsp3) is 0.524. The smallest absolute Gasteiger partial charge is 0.273 e. The minimum atomic E-state index is -0.170. The number of hydrogen-bond donors (Lipinski definition) is 2. The van der Waals surface area contributed by atoms with Gasteiger partial charge in [0.25, 0.3) is 5.91 Å². The molecule has 2 aromatic rings. The maximum absolute atomic E-state index is 12.4. The lowest BCUT2D eigenvalue weighted by atomic mass is 9.99. The quantitative estimate of drug-likeness (QED) is 0.707. The standard InChI is InChI=1S/C21H29BrN4O/c1-14(2)19-18(22)20(25-24-19)21(27)23-12-16-4-6-17(7-5-16)13-26-10-8-15(3)9-11-26/h4-7,14-15H,8-13H2,1-3H3,(H,23,27)(H,24,25). The Morgan fingerprint density at radius 1 is 1.26 bits per heavy atom. The summed E-state index contributed by atoms with van der Waals surface area (Å²) in [5, 5.41) is 10.0. The molecular formula is C21H29BrN4O. The number of nitrogens with one attached hydrogen (secondary N) is 2. The number of benzene rings is 1. The minimum absolute atomic E-state index is 0.170. The van der Waals surface area contributed by atoms with Crippen LogP contribution in [-0.2, 0) is 13.1 Å². The molecule has 1 aliphatic rings. The summed E-state index contributed by atoms with van der Waals surface area (Å²) in [6.45, 7) is 10.4. The number of carbonyl (C=O) groups excluding carboxylic acids is 1. The van der Waals surface area contributed by atoms with Crippen molar-refractivity contribution in [2.45, 2.75) is 52.6 Å². The number of hydrogen-bond acceptors (Lipinski definition) is 3. The van der Waals surface area contributed by atoms with E-state index in [4.69, 9.17) is 0 Å². The lowest BCUT2D eigenvalue weighted by Gasteiger charge is -2.30. The van der Waals surface area contributed by atoms with Gasteiger partial charge in [-0.3, -0.25) is 14.8 Å². The Balaban J connectivity index is 1.52. The highest BCUT2D eigenvalue weighted by molar-refractivity contribution is 9.10. The third-order valence-electron chi connectivity index (χ3n) is 5.28. The van der Waals surface area contributed by atoms with Crippen molar-refractivity contribution in [1.29, 1.82) is 0 Å². The van der Waals surface area contributed by atoms with Crippen LogP contribution in [0.4, 0.5) is 0 Å². The first kappa shape index (κ1) is 20.1. The molecule has 1 fully saturated rings. The second-order valence-corrected chi connectivity index (χ2v) is 8.71. The van der Waals surface area contributed by atoms with Crippen LogP contribution in [0.2, 0.25) is 0 Å². The van der Waals surface area contributed by atoms with Crippen molar-refractivity contribution < 1.29 is 4.79 Å². The number of nitrogens with zero attached hydrogens (tertiary/aromatic N) is 2. The first-order chi connectivity index (χ1) is 12.9. The molecule has 1 aliphatic heterocycles. The zero-order chi connectivity index (χ0) is 19.4. The number of rotatable bonds is 6. The van der Waals surface area contributed by atoms with Gasteiger partial charge in [-0.15, -0.1) is 0 Å². The Hall–Kier alpha value is -1.66. The van der Waals surface area contributed by atoms with Gasteiger partial charge in [0.1, 0.15) is 0 Å². The lowest BCUT2D eigenvalue weighted by molar-refractivity contribution is 0.0945. The molecule has 1 aromatic heterocycles. The van der Waals surface area contributed by atoms with E-state index in [1.807, 2.05) is 0 Å². The predicted octanol–water partition coefficient (Wildman–Crippen LogP) is 4.46. The van der Waals surface area contributed by atoms with E-state index in [1.54, 1.807) is 0 Å². The van der Waals surface area contributed by atoms with Crippen molar-refractivity contribution in [2.24, 2.45) is 5.92 Å². The first-order valence-corrected chi connectivity index (χ1v) is 10.6. The third-order valence-corrected chi connectivity index (χ3v) is 6.09. The largest absolute Gasteiger partial charge is 0.347 e. The molecule has 0 radical (unpaired) electrons. The summed E-state index contributed by atoms with van der Waals surface area (Å²) in [6.07, 6.45) is 2.59. The fourth-order valence-corrected chi connectivity index (χ4v) is 4.20. The zero-order valence-corrected chi connectivity index (χ0v) is 18.0. The maximum Gasteiger partial charge on any atom is 0.273 e. The molecule has 27 heavy (non-hydrogen) atoms. The molecule has 1 saturated heterocycles. The second kappa shape index (κ2) is 9.02. The maximum atomic E-state index is 12.4. The van der Waals surface area contributed by atoms with Gasteiger partial charge in [-0.1, -0.05) is 45.0 Å². The van der Waals surface area contributed by atoms with Crippen molar-refractivity contribution in [2.75, 3.05) is 13.1 Å². The molecule has 2 heterocycles. The van der Waals surface area contributed by atoms with Crippen molar-refractivity contribution in [3.8, 4) is 0 Å². The minimum Gasteiger partial charge on any atom is -0.347 e. The highest BCUT2D eigenvalue weighted by Crippen LogP contribution is 2.25. The van der Waals surface area contributed by atoms with E-state index in [9.17, 15) is 4.79 Å². The Bertz CT molecular complexity index is 761. The molecular weight excluding hydrogens is 404 g/mol. The van der Waals surface area contributed by atoms with Crippen LogP contribution in [0.3, 0.4) is 0 Å². The third kappa shape index (κ3) is 5.20. The molecule has 1 aromatic carbocycles. The number of amides is 1. The summed E-state index contributed by atoms with van der Waals surface area (Å²) in [5.41, 5.74) is 3.78. The van der Waals surface area contributed by atoms with E-state index in [0.717, 1.165) is 28.2 Å². The topological polar surface area (TPSA) is 61.0 Å². The molecule has 5 nitrogen and oxygen atoms in total. The molecule has 0 spiro atoms. The van der Waals surface area contributed by atoms with Gasteiger partial charge < -0.3 is 5.32 Å². The van der Waals surface area contributed by atoms with Gasteiger partial charge in [0.2, 0.25) is 0 Å². The van der Waals surface area contributed by atoms with Crippen LogP contribution < -0.4 is 5.32 Å². The van der Waals surface area contributed by atoms with E-state index in [2.05, 4.69) is 81.4 Å². The first-order valence-electron chi connectivity index (χ1n) is 9.76. The molecule has 0 saturated carbocycles. The van der Waals surface area contributed by atoms with E-state index in [-0.39, 0.29) is 11.8 Å². The summed E-state index contributed by atoms with van der Waals surface area (Å²) in [6, 6.07) is 8.53. The summed E-state index contributed by atoms with van der Waals surface area (Å²) < 4.78 is 0.751. The lowest BCUT2D eigenvalue weighted by Crippen LogP contribution is -2.32. The number of H-pyrrole nitrogens is 1. The number of likely N-dealkylation sites (tertiary alicyclic amines) is 1. The summed E-state index contributed by atoms with van der Waals surface area (Å²) >= 11 is 3.48. The molecule has 0 bridgehead atoms. The van der Waals surface area contributed by atoms with Crippen molar-refractivity contribution in [3.63, 3.8) is 0 Å². The molecule has 0 aliphatic carbocycles. The van der Waals surface area contributed by atoms with Crippen LogP contribution in [0.5, 0.6) is 0 Å². The summed E-state index contributed by atoms with van der Waals surface area (Å²) in [5.74, 6) is 0.971. The Labute approximate surface area is 170 Å². The average Bonchev–Trinajstić information content (AvgIpc) is 3.04. The van der Waals surface area contributed by atoms with E-state index < -0.39 is 0 Å². The number of aromatic nitrogens is 2. The van der Waals surface area contributed by atoms with Gasteiger partial charge in [-0.2, -0.15) is 5.10 Å². The van der Waals surface area contributed by atoms with Crippen LogP contribution in [0.1, 0.15) is 66.8 Å². The van der Waals surface area contributed by atoms with E-state index >= 15 is 0 Å². The van der Waals surface area contributed by atoms with E-state index in [0.29, 0.717) is 12.2 Å². The highest BCUT2D eigenvalue weighted by Gasteiger charge is 2.19. The SMILES string of the molecule is CC1CCN(Cc2ccc(CNC(=O)c3n[nH]c(C(C)C)c3Br)cc2)CC1.